The van der Waals surface area contributed by atoms with Crippen LogP contribution >= 0.6 is 0 Å². The third-order valence-corrected chi connectivity index (χ3v) is 6.78. The standard InChI is InChI=1S/C21H33N3O/c1-16-14-22-21(18-9-5-10-18)24(16)19-11-6-12-23(15-19)20(25)13-17-7-3-2-4-8-17/h14,17-19H,2-13,15H2,1H3. The van der Waals surface area contributed by atoms with Crippen LogP contribution in [-0.2, 0) is 4.79 Å². The molecule has 25 heavy (non-hydrogen) atoms. The van der Waals surface area contributed by atoms with Crippen LogP contribution < -0.4 is 0 Å². The monoisotopic (exact) mass is 343 g/mol. The van der Waals surface area contributed by atoms with Crippen molar-refractivity contribution >= 4 is 5.91 Å². The molecule has 4 rings (SSSR count). The van der Waals surface area contributed by atoms with E-state index in [1.807, 2.05) is 6.20 Å². The van der Waals surface area contributed by atoms with Crippen molar-refractivity contribution in [1.82, 2.24) is 14.5 Å². The van der Waals surface area contributed by atoms with Crippen molar-refractivity contribution in [2.45, 2.75) is 89.5 Å². The van der Waals surface area contributed by atoms with E-state index >= 15 is 0 Å². The number of carbonyl (C=O) groups excluding carboxylic acids is 1. The summed E-state index contributed by atoms with van der Waals surface area (Å²) in [6.07, 6.45) is 15.6. The zero-order chi connectivity index (χ0) is 17.2. The number of carbonyl (C=O) groups is 1. The molecule has 1 aliphatic heterocycles. The Bertz CT molecular complexity index is 598. The largest absolute Gasteiger partial charge is 0.341 e. The fourth-order valence-corrected chi connectivity index (χ4v) is 5.07. The van der Waals surface area contributed by atoms with Crippen molar-refractivity contribution in [3.63, 3.8) is 0 Å². The number of nitrogens with zero attached hydrogens (tertiary/aromatic N) is 3. The average Bonchev–Trinajstić information content (AvgIpc) is 2.95. The van der Waals surface area contributed by atoms with Crippen molar-refractivity contribution in [3.05, 3.63) is 17.7 Å². The van der Waals surface area contributed by atoms with Crippen molar-refractivity contribution in [3.8, 4) is 0 Å². The van der Waals surface area contributed by atoms with Gasteiger partial charge in [-0.25, -0.2) is 4.98 Å². The summed E-state index contributed by atoms with van der Waals surface area (Å²) >= 11 is 0. The molecule has 4 heteroatoms. The second-order valence-electron chi connectivity index (χ2n) is 8.60. The fraction of sp³-hybridized carbons (Fsp3) is 0.810. The van der Waals surface area contributed by atoms with Crippen molar-refractivity contribution in [1.29, 1.82) is 0 Å². The Hall–Kier alpha value is -1.32. The second kappa shape index (κ2) is 7.51. The van der Waals surface area contributed by atoms with E-state index in [4.69, 9.17) is 4.98 Å². The van der Waals surface area contributed by atoms with E-state index in [0.717, 1.165) is 25.9 Å². The van der Waals surface area contributed by atoms with Crippen LogP contribution in [0.3, 0.4) is 0 Å². The highest BCUT2D eigenvalue weighted by Gasteiger charge is 2.31. The smallest absolute Gasteiger partial charge is 0.222 e. The lowest BCUT2D eigenvalue weighted by molar-refractivity contribution is -0.134. The first-order valence-electron chi connectivity index (χ1n) is 10.5. The molecule has 1 atom stereocenters. The topological polar surface area (TPSA) is 38.1 Å². The van der Waals surface area contributed by atoms with Crippen LogP contribution in [0.4, 0.5) is 0 Å². The Balaban J connectivity index is 1.42. The minimum Gasteiger partial charge on any atom is -0.341 e. The maximum Gasteiger partial charge on any atom is 0.222 e. The maximum atomic E-state index is 12.9. The summed E-state index contributed by atoms with van der Waals surface area (Å²) in [6.45, 7) is 4.02. The second-order valence-corrected chi connectivity index (χ2v) is 8.60. The summed E-state index contributed by atoms with van der Waals surface area (Å²) < 4.78 is 2.48. The first-order valence-corrected chi connectivity index (χ1v) is 10.5. The summed E-state index contributed by atoms with van der Waals surface area (Å²) in [4.78, 5) is 19.7. The molecule has 0 aromatic carbocycles. The molecule has 1 saturated heterocycles. The van der Waals surface area contributed by atoms with Gasteiger partial charge in [-0.15, -0.1) is 0 Å². The molecule has 4 nitrogen and oxygen atoms in total. The average molecular weight is 344 g/mol. The summed E-state index contributed by atoms with van der Waals surface area (Å²) in [5.74, 6) is 2.99. The molecule has 1 aromatic heterocycles. The van der Waals surface area contributed by atoms with Crippen LogP contribution in [0.25, 0.3) is 0 Å². The van der Waals surface area contributed by atoms with Crippen molar-refractivity contribution in [2.75, 3.05) is 13.1 Å². The van der Waals surface area contributed by atoms with Crippen LogP contribution in [0.1, 0.15) is 94.1 Å². The van der Waals surface area contributed by atoms with Crippen LogP contribution in [0, 0.1) is 12.8 Å². The maximum absolute atomic E-state index is 12.9. The molecule has 0 radical (unpaired) electrons. The first kappa shape index (κ1) is 17.1. The van der Waals surface area contributed by atoms with Gasteiger partial charge in [0.2, 0.25) is 5.91 Å². The number of imidazole rings is 1. The molecule has 0 bridgehead atoms. The number of likely N-dealkylation sites (tertiary alicyclic amines) is 1. The van der Waals surface area contributed by atoms with Gasteiger partial charge in [-0.1, -0.05) is 25.7 Å². The first-order chi connectivity index (χ1) is 12.2. The minimum atomic E-state index is 0.402. The van der Waals surface area contributed by atoms with Crippen molar-refractivity contribution < 1.29 is 4.79 Å². The molecule has 3 aliphatic rings. The number of rotatable bonds is 4. The fourth-order valence-electron chi connectivity index (χ4n) is 5.07. The van der Waals surface area contributed by atoms with Gasteiger partial charge in [0, 0.05) is 37.3 Å². The van der Waals surface area contributed by atoms with Gasteiger partial charge in [0.05, 0.1) is 6.04 Å². The number of amides is 1. The van der Waals surface area contributed by atoms with E-state index < -0.39 is 0 Å². The van der Waals surface area contributed by atoms with Gasteiger partial charge in [0.1, 0.15) is 5.82 Å². The highest BCUT2D eigenvalue weighted by molar-refractivity contribution is 5.76. The lowest BCUT2D eigenvalue weighted by Crippen LogP contribution is -2.42. The molecule has 0 N–H and O–H groups in total. The normalized spacial score (nSPS) is 25.8. The highest BCUT2D eigenvalue weighted by atomic mass is 16.2. The van der Waals surface area contributed by atoms with Gasteiger partial charge >= 0.3 is 0 Å². The van der Waals surface area contributed by atoms with Crippen LogP contribution in [0.5, 0.6) is 0 Å². The highest BCUT2D eigenvalue weighted by Crippen LogP contribution is 2.38. The Kier molecular flexibility index (Phi) is 5.14. The van der Waals surface area contributed by atoms with E-state index in [1.165, 1.54) is 69.3 Å². The Morgan fingerprint density at radius 3 is 2.60 bits per heavy atom. The molecule has 2 heterocycles. The number of piperidine rings is 1. The van der Waals surface area contributed by atoms with Gasteiger partial charge in [0.15, 0.2) is 0 Å². The van der Waals surface area contributed by atoms with E-state index in [9.17, 15) is 4.79 Å². The van der Waals surface area contributed by atoms with E-state index in [1.54, 1.807) is 0 Å². The number of aryl methyl sites for hydroxylation is 1. The molecule has 138 valence electrons. The zero-order valence-corrected chi connectivity index (χ0v) is 15.8. The number of hydrogen-bond acceptors (Lipinski definition) is 2. The van der Waals surface area contributed by atoms with Gasteiger partial charge < -0.3 is 9.47 Å². The molecule has 2 saturated carbocycles. The summed E-state index contributed by atoms with van der Waals surface area (Å²) in [6, 6.07) is 0.433. The Morgan fingerprint density at radius 2 is 1.88 bits per heavy atom. The van der Waals surface area contributed by atoms with Gasteiger partial charge in [-0.05, 0) is 51.4 Å². The predicted molar refractivity (Wildman–Crippen MR) is 99.6 cm³/mol. The van der Waals surface area contributed by atoms with Gasteiger partial charge in [-0.3, -0.25) is 4.79 Å². The molecule has 2 aliphatic carbocycles. The molecule has 0 spiro atoms. The predicted octanol–water partition coefficient (Wildman–Crippen LogP) is 4.59. The third-order valence-electron chi connectivity index (χ3n) is 6.78. The van der Waals surface area contributed by atoms with Gasteiger partial charge in [-0.2, -0.15) is 0 Å². The number of aromatic nitrogens is 2. The van der Waals surface area contributed by atoms with Gasteiger partial charge in [0.25, 0.3) is 0 Å². The molecular weight excluding hydrogens is 310 g/mol. The van der Waals surface area contributed by atoms with Crippen LogP contribution in [0.15, 0.2) is 6.20 Å². The van der Waals surface area contributed by atoms with Crippen LogP contribution in [0.2, 0.25) is 0 Å². The molecular formula is C21H33N3O. The van der Waals surface area contributed by atoms with E-state index in [-0.39, 0.29) is 0 Å². The van der Waals surface area contributed by atoms with Crippen LogP contribution in [-0.4, -0.2) is 33.4 Å². The summed E-state index contributed by atoms with van der Waals surface area (Å²) in [5.41, 5.74) is 1.27. The Morgan fingerprint density at radius 1 is 1.08 bits per heavy atom. The molecule has 3 fully saturated rings. The lowest BCUT2D eigenvalue weighted by Gasteiger charge is -2.37. The van der Waals surface area contributed by atoms with Crippen molar-refractivity contribution in [2.24, 2.45) is 5.92 Å². The zero-order valence-electron chi connectivity index (χ0n) is 15.8. The lowest BCUT2D eigenvalue weighted by atomic mass is 9.84. The van der Waals surface area contributed by atoms with E-state index in [0.29, 0.717) is 23.8 Å². The molecule has 1 unspecified atom stereocenters. The number of hydrogen-bond donors (Lipinski definition) is 0. The van der Waals surface area contributed by atoms with E-state index in [2.05, 4.69) is 16.4 Å². The SMILES string of the molecule is Cc1cnc(C2CCC2)n1C1CCCN(C(=O)CC2CCCCC2)C1. The summed E-state index contributed by atoms with van der Waals surface area (Å²) in [7, 11) is 0. The molecule has 1 aromatic rings. The quantitative estimate of drug-likeness (QED) is 0.802. The minimum absolute atomic E-state index is 0.402. The summed E-state index contributed by atoms with van der Waals surface area (Å²) in [5, 5.41) is 0. The molecule has 1 amide bonds. The Labute approximate surface area is 152 Å². The third kappa shape index (κ3) is 3.63.